The third-order valence-corrected chi connectivity index (χ3v) is 3.28. The molecule has 0 aromatic carbocycles. The van der Waals surface area contributed by atoms with E-state index >= 15 is 0 Å². The monoisotopic (exact) mass is 153 g/mol. The van der Waals surface area contributed by atoms with Gasteiger partial charge in [0.05, 0.1) is 0 Å². The van der Waals surface area contributed by atoms with Gasteiger partial charge in [0.15, 0.2) is 0 Å². The zero-order chi connectivity index (χ0) is 7.90. The predicted molar refractivity (Wildman–Crippen MR) is 47.6 cm³/mol. The Labute approximate surface area is 69.8 Å². The summed E-state index contributed by atoms with van der Waals surface area (Å²) >= 11 is 0. The zero-order valence-corrected chi connectivity index (χ0v) is 7.77. The van der Waals surface area contributed by atoms with Crippen molar-refractivity contribution in [3.63, 3.8) is 0 Å². The van der Waals surface area contributed by atoms with Crippen molar-refractivity contribution in [2.24, 2.45) is 5.41 Å². The van der Waals surface area contributed by atoms with Crippen LogP contribution in [0.15, 0.2) is 0 Å². The van der Waals surface area contributed by atoms with Gasteiger partial charge in [-0.3, -0.25) is 4.90 Å². The van der Waals surface area contributed by atoms with Gasteiger partial charge in [-0.2, -0.15) is 0 Å². The number of fused-ring (bicyclic) bond motifs is 1. The van der Waals surface area contributed by atoms with E-state index in [1.54, 1.807) is 0 Å². The van der Waals surface area contributed by atoms with Crippen LogP contribution in [0.4, 0.5) is 0 Å². The van der Waals surface area contributed by atoms with Gasteiger partial charge in [0.25, 0.3) is 0 Å². The summed E-state index contributed by atoms with van der Waals surface area (Å²) in [5.41, 5.74) is 0.598. The summed E-state index contributed by atoms with van der Waals surface area (Å²) in [5, 5.41) is 0. The van der Waals surface area contributed by atoms with Crippen molar-refractivity contribution >= 4 is 0 Å². The third kappa shape index (κ3) is 1.44. The number of piperidine rings is 1. The van der Waals surface area contributed by atoms with Crippen LogP contribution in [0.1, 0.15) is 39.5 Å². The molecule has 1 atom stereocenters. The van der Waals surface area contributed by atoms with Gasteiger partial charge in [-0.15, -0.1) is 0 Å². The molecule has 0 aromatic heterocycles. The van der Waals surface area contributed by atoms with E-state index in [0.717, 1.165) is 6.04 Å². The molecule has 2 rings (SSSR count). The van der Waals surface area contributed by atoms with Crippen LogP contribution in [0.25, 0.3) is 0 Å². The first kappa shape index (κ1) is 7.60. The summed E-state index contributed by atoms with van der Waals surface area (Å²) in [6, 6.07) is 0.961. The van der Waals surface area contributed by atoms with Gasteiger partial charge >= 0.3 is 0 Å². The second kappa shape index (κ2) is 2.48. The van der Waals surface area contributed by atoms with Crippen LogP contribution in [0.3, 0.4) is 0 Å². The molecule has 0 amide bonds. The Morgan fingerprint density at radius 3 is 2.91 bits per heavy atom. The van der Waals surface area contributed by atoms with Gasteiger partial charge in [-0.25, -0.2) is 0 Å². The molecule has 2 aliphatic rings. The lowest BCUT2D eigenvalue weighted by Crippen LogP contribution is -2.42. The first-order valence-corrected chi connectivity index (χ1v) is 4.91. The number of hydrogen-bond acceptors (Lipinski definition) is 1. The van der Waals surface area contributed by atoms with E-state index in [-0.39, 0.29) is 0 Å². The quantitative estimate of drug-likeness (QED) is 0.516. The second-order valence-corrected chi connectivity index (χ2v) is 4.97. The Morgan fingerprint density at radius 1 is 1.27 bits per heavy atom. The van der Waals surface area contributed by atoms with Crippen molar-refractivity contribution in [3.05, 3.63) is 0 Å². The Bertz CT molecular complexity index is 151. The van der Waals surface area contributed by atoms with E-state index in [1.165, 1.54) is 38.8 Å². The maximum Gasteiger partial charge on any atom is 0.00961 e. The fraction of sp³-hybridized carbons (Fsp3) is 1.00. The largest absolute Gasteiger partial charge is 0.300 e. The van der Waals surface area contributed by atoms with Crippen molar-refractivity contribution < 1.29 is 0 Å². The Morgan fingerprint density at radius 2 is 2.09 bits per heavy atom. The smallest absolute Gasteiger partial charge is 0.00961 e. The lowest BCUT2D eigenvalue weighted by atomic mass is 9.82. The van der Waals surface area contributed by atoms with Crippen LogP contribution in [-0.4, -0.2) is 24.0 Å². The van der Waals surface area contributed by atoms with Crippen LogP contribution < -0.4 is 0 Å². The third-order valence-electron chi connectivity index (χ3n) is 3.28. The van der Waals surface area contributed by atoms with Crippen molar-refractivity contribution in [1.29, 1.82) is 0 Å². The van der Waals surface area contributed by atoms with Crippen LogP contribution in [0.5, 0.6) is 0 Å². The number of nitrogens with zero attached hydrogens (tertiary/aromatic N) is 1. The van der Waals surface area contributed by atoms with E-state index < -0.39 is 0 Å². The summed E-state index contributed by atoms with van der Waals surface area (Å²) in [4.78, 5) is 2.70. The normalized spacial score (nSPS) is 37.1. The van der Waals surface area contributed by atoms with Crippen molar-refractivity contribution in [2.75, 3.05) is 13.1 Å². The molecule has 2 saturated heterocycles. The molecule has 64 valence electrons. The maximum atomic E-state index is 2.70. The molecule has 0 aliphatic carbocycles. The lowest BCUT2D eigenvalue weighted by Gasteiger charge is -2.40. The number of hydrogen-bond donors (Lipinski definition) is 0. The summed E-state index contributed by atoms with van der Waals surface area (Å²) in [6.07, 6.45) is 5.80. The van der Waals surface area contributed by atoms with Crippen LogP contribution >= 0.6 is 0 Å². The predicted octanol–water partition coefficient (Wildman–Crippen LogP) is 2.27. The highest BCUT2D eigenvalue weighted by atomic mass is 15.2. The van der Waals surface area contributed by atoms with Crippen molar-refractivity contribution in [2.45, 2.75) is 45.6 Å². The van der Waals surface area contributed by atoms with E-state index in [4.69, 9.17) is 0 Å². The van der Waals surface area contributed by atoms with E-state index in [1.807, 2.05) is 0 Å². The lowest BCUT2D eigenvalue weighted by molar-refractivity contribution is 0.0948. The van der Waals surface area contributed by atoms with Gasteiger partial charge in [0.2, 0.25) is 0 Å². The van der Waals surface area contributed by atoms with Crippen molar-refractivity contribution in [3.8, 4) is 0 Å². The minimum atomic E-state index is 0.598. The van der Waals surface area contributed by atoms with Gasteiger partial charge in [-0.05, 0) is 37.6 Å². The average molecular weight is 153 g/mol. The molecule has 1 nitrogen and oxygen atoms in total. The summed E-state index contributed by atoms with van der Waals surface area (Å²) in [7, 11) is 0. The Balaban J connectivity index is 2.02. The minimum absolute atomic E-state index is 0.598. The maximum absolute atomic E-state index is 2.70. The Hall–Kier alpha value is -0.0400. The van der Waals surface area contributed by atoms with Gasteiger partial charge in [0.1, 0.15) is 0 Å². The summed E-state index contributed by atoms with van der Waals surface area (Å²) in [5.74, 6) is 0. The molecule has 0 N–H and O–H groups in total. The first-order valence-electron chi connectivity index (χ1n) is 4.91. The molecule has 2 aliphatic heterocycles. The Kier molecular flexibility index (Phi) is 1.71. The standard InChI is InChI=1S/C10H19N/c1-10(2)6-5-9-4-3-7-11(9)8-10/h9H,3-8H2,1-2H3. The molecule has 2 fully saturated rings. The molecular weight excluding hydrogens is 134 g/mol. The molecule has 11 heavy (non-hydrogen) atoms. The number of rotatable bonds is 0. The first-order chi connectivity index (χ1) is 5.17. The summed E-state index contributed by atoms with van der Waals surface area (Å²) in [6.45, 7) is 7.52. The average Bonchev–Trinajstić information content (AvgIpc) is 2.31. The van der Waals surface area contributed by atoms with E-state index in [0.29, 0.717) is 5.41 Å². The molecule has 0 aromatic rings. The summed E-state index contributed by atoms with van der Waals surface area (Å²) < 4.78 is 0. The molecular formula is C10H19N. The fourth-order valence-electron chi connectivity index (χ4n) is 2.62. The van der Waals surface area contributed by atoms with Crippen LogP contribution in [0, 0.1) is 5.41 Å². The SMILES string of the molecule is CC1(C)CCC2CCCN2C1. The highest BCUT2D eigenvalue weighted by Crippen LogP contribution is 2.36. The highest BCUT2D eigenvalue weighted by Gasteiger charge is 2.34. The molecule has 0 radical (unpaired) electrons. The molecule has 0 spiro atoms. The highest BCUT2D eigenvalue weighted by molar-refractivity contribution is 4.89. The zero-order valence-electron chi connectivity index (χ0n) is 7.77. The van der Waals surface area contributed by atoms with Crippen LogP contribution in [0.2, 0.25) is 0 Å². The molecule has 1 heteroatoms. The van der Waals surface area contributed by atoms with Crippen LogP contribution in [-0.2, 0) is 0 Å². The minimum Gasteiger partial charge on any atom is -0.300 e. The fourth-order valence-corrected chi connectivity index (χ4v) is 2.62. The van der Waals surface area contributed by atoms with Gasteiger partial charge in [0, 0.05) is 12.6 Å². The van der Waals surface area contributed by atoms with E-state index in [2.05, 4.69) is 18.7 Å². The molecule has 2 heterocycles. The van der Waals surface area contributed by atoms with Gasteiger partial charge in [-0.1, -0.05) is 13.8 Å². The molecule has 0 bridgehead atoms. The van der Waals surface area contributed by atoms with E-state index in [9.17, 15) is 0 Å². The van der Waals surface area contributed by atoms with Crippen molar-refractivity contribution in [1.82, 2.24) is 4.90 Å². The molecule has 0 saturated carbocycles. The molecule has 1 unspecified atom stereocenters. The van der Waals surface area contributed by atoms with Gasteiger partial charge < -0.3 is 0 Å². The second-order valence-electron chi connectivity index (χ2n) is 4.97. The topological polar surface area (TPSA) is 3.24 Å².